The highest BCUT2D eigenvalue weighted by atomic mass is 35.5. The van der Waals surface area contributed by atoms with Gasteiger partial charge in [-0.2, -0.15) is 0 Å². The number of aliphatic imine (C=N–C) groups is 1. The third-order valence-corrected chi connectivity index (χ3v) is 9.01. The third-order valence-electron chi connectivity index (χ3n) is 7.42. The van der Waals surface area contributed by atoms with E-state index in [1.807, 2.05) is 0 Å². The Bertz CT molecular complexity index is 1030. The molecule has 2 aromatic rings. The lowest BCUT2D eigenvalue weighted by atomic mass is 9.86. The number of nitrogens with zero attached hydrogens (tertiary/aromatic N) is 2. The molecular formula is C26H31ClN2OS. The zero-order valence-electron chi connectivity index (χ0n) is 18.9. The molecule has 0 radical (unpaired) electrons. The molecular weight excluding hydrogens is 424 g/mol. The van der Waals surface area contributed by atoms with E-state index < -0.39 is 5.41 Å². The molecule has 2 bridgehead atoms. The minimum atomic E-state index is -0.513. The maximum absolute atomic E-state index is 13.6. The molecule has 1 aromatic heterocycles. The van der Waals surface area contributed by atoms with Crippen LogP contribution in [0.15, 0.2) is 29.3 Å². The standard InChI is InChI=1S/C26H31ClN2OS/c1-15-11-16(2)13-17(12-15)23-20(9-10-27)21-14-22(31-24(21)28-23)26(3,4)25(30)29-18-5-6-19(29)8-7-18/h11-14,18-20H,5-10H2,1-4H3. The normalized spacial score (nSPS) is 24.6. The average Bonchev–Trinajstić information content (AvgIpc) is 3.47. The molecule has 4 heterocycles. The van der Waals surface area contributed by atoms with Crippen molar-refractivity contribution in [3.05, 3.63) is 51.4 Å². The molecule has 0 spiro atoms. The summed E-state index contributed by atoms with van der Waals surface area (Å²) in [6.45, 7) is 8.46. The van der Waals surface area contributed by atoms with Gasteiger partial charge in [-0.25, -0.2) is 4.99 Å². The van der Waals surface area contributed by atoms with Crippen molar-refractivity contribution in [2.75, 3.05) is 5.88 Å². The number of halogens is 1. The van der Waals surface area contributed by atoms with E-state index in [2.05, 4.69) is 56.9 Å². The van der Waals surface area contributed by atoms with E-state index in [9.17, 15) is 4.79 Å². The highest BCUT2D eigenvalue weighted by Crippen LogP contribution is 2.49. The number of hydrogen-bond acceptors (Lipinski definition) is 3. The van der Waals surface area contributed by atoms with E-state index in [0.29, 0.717) is 23.9 Å². The summed E-state index contributed by atoms with van der Waals surface area (Å²) in [5.74, 6) is 1.09. The molecule has 2 saturated heterocycles. The van der Waals surface area contributed by atoms with Gasteiger partial charge in [0.05, 0.1) is 11.1 Å². The van der Waals surface area contributed by atoms with Crippen LogP contribution in [0.25, 0.3) is 0 Å². The number of carbonyl (C=O) groups is 1. The summed E-state index contributed by atoms with van der Waals surface area (Å²) < 4.78 is 0. The second-order valence-corrected chi connectivity index (χ2v) is 11.5. The average molecular weight is 455 g/mol. The van der Waals surface area contributed by atoms with Gasteiger partial charge in [0.25, 0.3) is 0 Å². The second kappa shape index (κ2) is 7.74. The van der Waals surface area contributed by atoms with E-state index in [1.54, 1.807) is 11.3 Å². The van der Waals surface area contributed by atoms with E-state index in [-0.39, 0.29) is 5.92 Å². The highest BCUT2D eigenvalue weighted by Gasteiger charge is 2.48. The van der Waals surface area contributed by atoms with Gasteiger partial charge < -0.3 is 4.90 Å². The summed E-state index contributed by atoms with van der Waals surface area (Å²) in [6.07, 6.45) is 5.56. The molecule has 1 unspecified atom stereocenters. The largest absolute Gasteiger partial charge is 0.336 e. The fraction of sp³-hybridized carbons (Fsp3) is 0.538. The molecule has 1 amide bonds. The molecule has 0 saturated carbocycles. The number of amides is 1. The first-order valence-electron chi connectivity index (χ1n) is 11.5. The Morgan fingerprint density at radius 3 is 2.29 bits per heavy atom. The minimum Gasteiger partial charge on any atom is -0.336 e. The molecule has 31 heavy (non-hydrogen) atoms. The van der Waals surface area contributed by atoms with Crippen LogP contribution in [0.1, 0.15) is 79.0 Å². The molecule has 2 fully saturated rings. The molecule has 1 atom stereocenters. The molecule has 3 aliphatic rings. The number of aryl methyl sites for hydroxylation is 2. The van der Waals surface area contributed by atoms with Crippen molar-refractivity contribution in [3.8, 4) is 0 Å². The second-order valence-electron chi connectivity index (χ2n) is 10.1. The van der Waals surface area contributed by atoms with Crippen LogP contribution in [0.2, 0.25) is 0 Å². The van der Waals surface area contributed by atoms with E-state index >= 15 is 0 Å². The Morgan fingerprint density at radius 1 is 1.10 bits per heavy atom. The van der Waals surface area contributed by atoms with Crippen molar-refractivity contribution >= 4 is 39.6 Å². The molecule has 164 valence electrons. The van der Waals surface area contributed by atoms with Crippen LogP contribution in [-0.2, 0) is 10.2 Å². The molecule has 1 aromatic carbocycles. The van der Waals surface area contributed by atoms with Gasteiger partial charge in [0.1, 0.15) is 5.00 Å². The lowest BCUT2D eigenvalue weighted by molar-refractivity contribution is -0.137. The number of benzene rings is 1. The Hall–Kier alpha value is -1.65. The highest BCUT2D eigenvalue weighted by molar-refractivity contribution is 7.16. The quantitative estimate of drug-likeness (QED) is 0.466. The number of hydrogen-bond donors (Lipinski definition) is 0. The Labute approximate surface area is 194 Å². The van der Waals surface area contributed by atoms with E-state index in [4.69, 9.17) is 16.6 Å². The minimum absolute atomic E-state index is 0.201. The molecule has 3 aliphatic heterocycles. The fourth-order valence-electron chi connectivity index (χ4n) is 5.84. The Kier molecular flexibility index (Phi) is 5.29. The fourth-order valence-corrected chi connectivity index (χ4v) is 7.26. The lowest BCUT2D eigenvalue weighted by Gasteiger charge is -2.32. The van der Waals surface area contributed by atoms with Crippen LogP contribution in [0.5, 0.6) is 0 Å². The predicted octanol–water partition coefficient (Wildman–Crippen LogP) is 6.64. The smallest absolute Gasteiger partial charge is 0.233 e. The Balaban J connectivity index is 1.49. The maximum Gasteiger partial charge on any atom is 0.233 e. The summed E-state index contributed by atoms with van der Waals surface area (Å²) in [6, 6.07) is 9.82. The summed E-state index contributed by atoms with van der Waals surface area (Å²) in [5, 5.41) is 1.06. The van der Waals surface area contributed by atoms with Crippen molar-refractivity contribution in [2.45, 2.75) is 83.2 Å². The first kappa shape index (κ1) is 21.2. The van der Waals surface area contributed by atoms with Crippen LogP contribution in [0.4, 0.5) is 5.00 Å². The topological polar surface area (TPSA) is 32.7 Å². The Morgan fingerprint density at radius 2 is 1.71 bits per heavy atom. The number of rotatable bonds is 5. The lowest BCUT2D eigenvalue weighted by Crippen LogP contribution is -2.45. The van der Waals surface area contributed by atoms with Crippen LogP contribution >= 0.6 is 22.9 Å². The van der Waals surface area contributed by atoms with E-state index in [1.165, 1.54) is 47.9 Å². The van der Waals surface area contributed by atoms with E-state index in [0.717, 1.165) is 22.0 Å². The first-order chi connectivity index (χ1) is 14.8. The monoisotopic (exact) mass is 454 g/mol. The maximum atomic E-state index is 13.6. The molecule has 3 nitrogen and oxygen atoms in total. The first-order valence-corrected chi connectivity index (χ1v) is 12.8. The van der Waals surface area contributed by atoms with Crippen molar-refractivity contribution in [1.82, 2.24) is 4.90 Å². The number of carbonyl (C=O) groups excluding carboxylic acids is 1. The van der Waals surface area contributed by atoms with Crippen molar-refractivity contribution < 1.29 is 4.79 Å². The van der Waals surface area contributed by atoms with Crippen molar-refractivity contribution in [2.24, 2.45) is 4.99 Å². The summed E-state index contributed by atoms with van der Waals surface area (Å²) in [7, 11) is 0. The van der Waals surface area contributed by atoms with Gasteiger partial charge in [0.15, 0.2) is 0 Å². The van der Waals surface area contributed by atoms with Gasteiger partial charge >= 0.3 is 0 Å². The molecule has 5 rings (SSSR count). The SMILES string of the molecule is Cc1cc(C)cc(C2=Nc3sc(C(C)(C)C(=O)N4C5CCC4CC5)cc3C2CCCl)c1. The number of alkyl halides is 1. The molecule has 0 aliphatic carbocycles. The van der Waals surface area contributed by atoms with Crippen LogP contribution in [0, 0.1) is 13.8 Å². The zero-order chi connectivity index (χ0) is 21.9. The third kappa shape index (κ3) is 3.47. The van der Waals surface area contributed by atoms with Crippen LogP contribution in [-0.4, -0.2) is 34.5 Å². The van der Waals surface area contributed by atoms with Crippen LogP contribution in [0.3, 0.4) is 0 Å². The van der Waals surface area contributed by atoms with Crippen molar-refractivity contribution in [3.63, 3.8) is 0 Å². The van der Waals surface area contributed by atoms with Gasteiger partial charge in [0, 0.05) is 28.8 Å². The summed E-state index contributed by atoms with van der Waals surface area (Å²) in [4.78, 5) is 22.0. The van der Waals surface area contributed by atoms with Crippen LogP contribution < -0.4 is 0 Å². The summed E-state index contributed by atoms with van der Waals surface area (Å²) >= 11 is 7.92. The van der Waals surface area contributed by atoms with Gasteiger partial charge in [-0.1, -0.05) is 29.3 Å². The number of fused-ring (bicyclic) bond motifs is 3. The van der Waals surface area contributed by atoms with Gasteiger partial charge in [0.2, 0.25) is 5.91 Å². The number of thiophene rings is 1. The zero-order valence-corrected chi connectivity index (χ0v) is 20.4. The van der Waals surface area contributed by atoms with Gasteiger partial charge in [-0.3, -0.25) is 4.79 Å². The molecule has 0 N–H and O–H groups in total. The van der Waals surface area contributed by atoms with Crippen molar-refractivity contribution in [1.29, 1.82) is 0 Å². The molecule has 5 heteroatoms. The van der Waals surface area contributed by atoms with Gasteiger partial charge in [-0.15, -0.1) is 22.9 Å². The predicted molar refractivity (Wildman–Crippen MR) is 130 cm³/mol. The summed E-state index contributed by atoms with van der Waals surface area (Å²) in [5.41, 5.74) is 5.57. The van der Waals surface area contributed by atoms with Gasteiger partial charge in [-0.05, 0) is 77.0 Å².